The van der Waals surface area contributed by atoms with E-state index in [-0.39, 0.29) is 24.1 Å². The summed E-state index contributed by atoms with van der Waals surface area (Å²) in [6.07, 6.45) is -1.67. The van der Waals surface area contributed by atoms with Gasteiger partial charge in [0.2, 0.25) is 0 Å². The minimum absolute atomic E-state index is 0.155. The molecule has 2 rings (SSSR count). The van der Waals surface area contributed by atoms with Gasteiger partial charge in [-0.25, -0.2) is 4.39 Å². The highest BCUT2D eigenvalue weighted by Crippen LogP contribution is 2.20. The van der Waals surface area contributed by atoms with Gasteiger partial charge in [0.25, 0.3) is 0 Å². The molecule has 1 fully saturated rings. The molecule has 0 spiro atoms. The Hall–Kier alpha value is -1.21. The Labute approximate surface area is 117 Å². The van der Waals surface area contributed by atoms with Crippen LogP contribution in [-0.4, -0.2) is 49.3 Å². The molecule has 0 bridgehead atoms. The van der Waals surface area contributed by atoms with Crippen LogP contribution < -0.4 is 10.1 Å². The third-order valence-corrected chi connectivity index (χ3v) is 3.48. The molecule has 0 aromatic heterocycles. The first-order chi connectivity index (χ1) is 9.63. The quantitative estimate of drug-likeness (QED) is 0.725. The highest BCUT2D eigenvalue weighted by molar-refractivity contribution is 5.30. The summed E-state index contributed by atoms with van der Waals surface area (Å²) >= 11 is 0. The van der Waals surface area contributed by atoms with E-state index in [1.807, 2.05) is 0 Å². The van der Waals surface area contributed by atoms with Crippen molar-refractivity contribution >= 4 is 0 Å². The molecule has 0 unspecified atom stereocenters. The average Bonchev–Trinajstić information content (AvgIpc) is 2.45. The second-order valence-electron chi connectivity index (χ2n) is 4.92. The van der Waals surface area contributed by atoms with Crippen LogP contribution in [0.5, 0.6) is 5.75 Å². The van der Waals surface area contributed by atoms with Gasteiger partial charge >= 0.3 is 0 Å². The van der Waals surface area contributed by atoms with E-state index in [0.29, 0.717) is 25.3 Å². The molecule has 3 atom stereocenters. The first kappa shape index (κ1) is 15.2. The predicted molar refractivity (Wildman–Crippen MR) is 71.0 cm³/mol. The summed E-state index contributed by atoms with van der Waals surface area (Å²) < 4.78 is 24.0. The number of rotatable bonds is 5. The summed E-state index contributed by atoms with van der Waals surface area (Å²) in [4.78, 5) is 0. The van der Waals surface area contributed by atoms with Crippen molar-refractivity contribution in [2.24, 2.45) is 5.92 Å². The molecule has 3 N–H and O–H groups in total. The van der Waals surface area contributed by atoms with Gasteiger partial charge in [0.1, 0.15) is 6.10 Å². The van der Waals surface area contributed by atoms with E-state index in [9.17, 15) is 14.6 Å². The molecule has 112 valence electrons. The third kappa shape index (κ3) is 3.46. The SMILES string of the molecule is COc1cccc(CNC[C@@H]2COC[C@@H](O)[C@H]2O)c1F. The number of ether oxygens (including phenoxy) is 2. The van der Waals surface area contributed by atoms with Crippen LogP contribution in [-0.2, 0) is 11.3 Å². The molecule has 1 saturated heterocycles. The molecule has 0 radical (unpaired) electrons. The van der Waals surface area contributed by atoms with Gasteiger partial charge in [0.05, 0.1) is 26.4 Å². The van der Waals surface area contributed by atoms with Crippen molar-refractivity contribution in [1.29, 1.82) is 0 Å². The fourth-order valence-corrected chi connectivity index (χ4v) is 2.27. The van der Waals surface area contributed by atoms with Gasteiger partial charge in [0, 0.05) is 24.6 Å². The van der Waals surface area contributed by atoms with Crippen LogP contribution in [0, 0.1) is 11.7 Å². The molecule has 1 aliphatic heterocycles. The fraction of sp³-hybridized carbons (Fsp3) is 0.571. The summed E-state index contributed by atoms with van der Waals surface area (Å²) in [7, 11) is 1.42. The van der Waals surface area contributed by atoms with Crippen molar-refractivity contribution in [1.82, 2.24) is 5.32 Å². The fourth-order valence-electron chi connectivity index (χ4n) is 2.27. The maximum Gasteiger partial charge on any atom is 0.169 e. The average molecular weight is 285 g/mol. The van der Waals surface area contributed by atoms with E-state index >= 15 is 0 Å². The van der Waals surface area contributed by atoms with Crippen LogP contribution in [0.4, 0.5) is 4.39 Å². The lowest BCUT2D eigenvalue weighted by atomic mass is 9.96. The first-order valence-corrected chi connectivity index (χ1v) is 6.59. The monoisotopic (exact) mass is 285 g/mol. The minimum Gasteiger partial charge on any atom is -0.494 e. The number of aliphatic hydroxyl groups excluding tert-OH is 2. The summed E-state index contributed by atoms with van der Waals surface area (Å²) in [5.41, 5.74) is 0.496. The Bertz CT molecular complexity index is 443. The van der Waals surface area contributed by atoms with Crippen LogP contribution in [0.1, 0.15) is 5.56 Å². The Morgan fingerprint density at radius 3 is 2.95 bits per heavy atom. The summed E-state index contributed by atoms with van der Waals surface area (Å²) in [6.45, 7) is 1.30. The third-order valence-electron chi connectivity index (χ3n) is 3.48. The molecule has 1 heterocycles. The molecule has 5 nitrogen and oxygen atoms in total. The van der Waals surface area contributed by atoms with Crippen LogP contribution in [0.2, 0.25) is 0 Å². The number of hydrogen-bond acceptors (Lipinski definition) is 5. The van der Waals surface area contributed by atoms with Crippen molar-refractivity contribution in [3.8, 4) is 5.75 Å². The van der Waals surface area contributed by atoms with Crippen molar-refractivity contribution in [3.05, 3.63) is 29.6 Å². The zero-order chi connectivity index (χ0) is 14.5. The molecule has 6 heteroatoms. The zero-order valence-corrected chi connectivity index (χ0v) is 11.4. The van der Waals surface area contributed by atoms with Gasteiger partial charge in [-0.05, 0) is 6.07 Å². The topological polar surface area (TPSA) is 71.0 Å². The van der Waals surface area contributed by atoms with Gasteiger partial charge in [0.15, 0.2) is 11.6 Å². The molecule has 1 aromatic carbocycles. The Morgan fingerprint density at radius 2 is 2.20 bits per heavy atom. The highest BCUT2D eigenvalue weighted by atomic mass is 19.1. The van der Waals surface area contributed by atoms with E-state index in [0.717, 1.165) is 0 Å². The largest absolute Gasteiger partial charge is 0.494 e. The van der Waals surface area contributed by atoms with Gasteiger partial charge in [-0.1, -0.05) is 12.1 Å². The number of halogens is 1. The Balaban J connectivity index is 1.87. The lowest BCUT2D eigenvalue weighted by Crippen LogP contribution is -2.47. The summed E-state index contributed by atoms with van der Waals surface area (Å²) in [6, 6.07) is 4.96. The minimum atomic E-state index is -0.857. The van der Waals surface area contributed by atoms with Crippen LogP contribution >= 0.6 is 0 Å². The van der Waals surface area contributed by atoms with E-state index in [2.05, 4.69) is 5.32 Å². The van der Waals surface area contributed by atoms with Crippen molar-refractivity contribution in [3.63, 3.8) is 0 Å². The summed E-state index contributed by atoms with van der Waals surface area (Å²) in [5.74, 6) is -0.379. The lowest BCUT2D eigenvalue weighted by Gasteiger charge is -2.31. The lowest BCUT2D eigenvalue weighted by molar-refractivity contribution is -0.119. The van der Waals surface area contributed by atoms with E-state index < -0.39 is 12.2 Å². The molecule has 0 aliphatic carbocycles. The van der Waals surface area contributed by atoms with E-state index in [1.54, 1.807) is 18.2 Å². The van der Waals surface area contributed by atoms with E-state index in [4.69, 9.17) is 9.47 Å². The van der Waals surface area contributed by atoms with Gasteiger partial charge in [-0.3, -0.25) is 0 Å². The molecular weight excluding hydrogens is 265 g/mol. The second kappa shape index (κ2) is 6.99. The standard InChI is InChI=1S/C14H20FNO4/c1-19-12-4-2-3-9(13(12)15)5-16-6-10-7-20-8-11(17)14(10)18/h2-4,10-11,14,16-18H,5-8H2,1H3/t10-,11-,14+/m1/s1. The number of aliphatic hydroxyl groups is 2. The number of hydrogen-bond donors (Lipinski definition) is 3. The first-order valence-electron chi connectivity index (χ1n) is 6.59. The molecule has 0 saturated carbocycles. The Kier molecular flexibility index (Phi) is 5.31. The number of methoxy groups -OCH3 is 1. The van der Waals surface area contributed by atoms with Crippen LogP contribution in [0.25, 0.3) is 0 Å². The number of benzene rings is 1. The maximum atomic E-state index is 13.9. The second-order valence-corrected chi connectivity index (χ2v) is 4.92. The normalized spacial score (nSPS) is 26.5. The van der Waals surface area contributed by atoms with Crippen LogP contribution in [0.15, 0.2) is 18.2 Å². The van der Waals surface area contributed by atoms with Crippen molar-refractivity contribution < 1.29 is 24.1 Å². The maximum absolute atomic E-state index is 13.9. The van der Waals surface area contributed by atoms with Gasteiger partial charge in [-0.15, -0.1) is 0 Å². The number of nitrogens with one attached hydrogen (secondary N) is 1. The van der Waals surface area contributed by atoms with Crippen molar-refractivity contribution in [2.45, 2.75) is 18.8 Å². The Morgan fingerprint density at radius 1 is 1.40 bits per heavy atom. The molecule has 1 aromatic rings. The zero-order valence-electron chi connectivity index (χ0n) is 11.4. The van der Waals surface area contributed by atoms with Gasteiger partial charge in [-0.2, -0.15) is 0 Å². The highest BCUT2D eigenvalue weighted by Gasteiger charge is 2.30. The van der Waals surface area contributed by atoms with Crippen molar-refractivity contribution in [2.75, 3.05) is 26.9 Å². The molecule has 20 heavy (non-hydrogen) atoms. The molecule has 1 aliphatic rings. The smallest absolute Gasteiger partial charge is 0.169 e. The molecule has 0 amide bonds. The molecular formula is C14H20FNO4. The van der Waals surface area contributed by atoms with E-state index in [1.165, 1.54) is 7.11 Å². The predicted octanol–water partition coefficient (Wildman–Crippen LogP) is 0.292. The van der Waals surface area contributed by atoms with Gasteiger partial charge < -0.3 is 25.0 Å². The summed E-state index contributed by atoms with van der Waals surface area (Å²) in [5, 5.41) is 22.4. The van der Waals surface area contributed by atoms with Crippen LogP contribution in [0.3, 0.4) is 0 Å².